The van der Waals surface area contributed by atoms with Gasteiger partial charge in [0.25, 0.3) is 0 Å². The second-order valence-corrected chi connectivity index (χ2v) is 8.71. The van der Waals surface area contributed by atoms with Crippen molar-refractivity contribution in [3.8, 4) is 22.6 Å². The van der Waals surface area contributed by atoms with Gasteiger partial charge in [-0.05, 0) is 43.7 Å². The molecule has 0 aliphatic heterocycles. The molecule has 0 radical (unpaired) electrons. The quantitative estimate of drug-likeness (QED) is 0.385. The zero-order valence-electron chi connectivity index (χ0n) is 18.0. The van der Waals surface area contributed by atoms with Gasteiger partial charge in [0.2, 0.25) is 5.91 Å². The number of hydrogen-bond donors (Lipinski definition) is 1. The van der Waals surface area contributed by atoms with E-state index in [2.05, 4.69) is 20.6 Å². The summed E-state index contributed by atoms with van der Waals surface area (Å²) in [5, 5.41) is 17.7. The molecule has 4 aromatic rings. The fourth-order valence-corrected chi connectivity index (χ4v) is 4.33. The molecule has 4 rings (SSSR count). The van der Waals surface area contributed by atoms with E-state index in [1.54, 1.807) is 4.68 Å². The third kappa shape index (κ3) is 4.87. The number of benzene rings is 2. The Morgan fingerprint density at radius 1 is 1.16 bits per heavy atom. The molecule has 0 spiro atoms. The summed E-state index contributed by atoms with van der Waals surface area (Å²) in [7, 11) is 1.88. The van der Waals surface area contributed by atoms with Gasteiger partial charge in [-0.3, -0.25) is 9.48 Å². The molecule has 1 amide bonds. The molecule has 0 saturated carbocycles. The highest BCUT2D eigenvalue weighted by atomic mass is 35.5. The Balaban J connectivity index is 1.55. The number of thioether (sulfide) groups is 1. The lowest BCUT2D eigenvalue weighted by atomic mass is 10.1. The van der Waals surface area contributed by atoms with Gasteiger partial charge in [-0.1, -0.05) is 47.6 Å². The average molecular weight is 467 g/mol. The largest absolute Gasteiger partial charge is 0.325 e. The summed E-state index contributed by atoms with van der Waals surface area (Å²) in [4.78, 5) is 12.4. The Morgan fingerprint density at radius 3 is 2.66 bits per heavy atom. The number of halogens is 1. The predicted molar refractivity (Wildman–Crippen MR) is 129 cm³/mol. The highest BCUT2D eigenvalue weighted by molar-refractivity contribution is 7.99. The molecule has 1 N–H and O–H groups in total. The molecule has 32 heavy (non-hydrogen) atoms. The van der Waals surface area contributed by atoms with Crippen LogP contribution in [0.4, 0.5) is 5.69 Å². The van der Waals surface area contributed by atoms with Crippen LogP contribution in [0.15, 0.2) is 59.9 Å². The van der Waals surface area contributed by atoms with Crippen LogP contribution in [0.3, 0.4) is 0 Å². The molecule has 164 valence electrons. The molecule has 0 aliphatic carbocycles. The Kier molecular flexibility index (Phi) is 6.62. The number of aromatic nitrogens is 5. The highest BCUT2D eigenvalue weighted by Gasteiger charge is 2.20. The first kappa shape index (κ1) is 22.1. The van der Waals surface area contributed by atoms with Gasteiger partial charge in [0, 0.05) is 36.1 Å². The molecule has 2 aromatic carbocycles. The van der Waals surface area contributed by atoms with Crippen molar-refractivity contribution >= 4 is 35.0 Å². The van der Waals surface area contributed by atoms with Gasteiger partial charge in [-0.25, -0.2) is 0 Å². The highest BCUT2D eigenvalue weighted by Crippen LogP contribution is 2.32. The van der Waals surface area contributed by atoms with Crippen LogP contribution in [0.5, 0.6) is 0 Å². The van der Waals surface area contributed by atoms with E-state index < -0.39 is 0 Å². The number of carbonyl (C=O) groups is 1. The third-order valence-corrected chi connectivity index (χ3v) is 6.07. The van der Waals surface area contributed by atoms with Gasteiger partial charge in [0.1, 0.15) is 5.69 Å². The van der Waals surface area contributed by atoms with E-state index in [9.17, 15) is 4.79 Å². The minimum Gasteiger partial charge on any atom is -0.325 e. The van der Waals surface area contributed by atoms with E-state index in [0.717, 1.165) is 28.1 Å². The predicted octanol–water partition coefficient (Wildman–Crippen LogP) is 5.06. The lowest BCUT2D eigenvalue weighted by Gasteiger charge is -2.08. The van der Waals surface area contributed by atoms with Crippen LogP contribution in [0.1, 0.15) is 12.5 Å². The molecule has 0 atom stereocenters. The molecule has 0 fully saturated rings. The smallest absolute Gasteiger partial charge is 0.234 e. The van der Waals surface area contributed by atoms with E-state index in [0.29, 0.717) is 22.5 Å². The molecule has 0 bridgehead atoms. The molecule has 2 aromatic heterocycles. The fraction of sp³-hybridized carbons (Fsp3) is 0.217. The Labute approximate surface area is 195 Å². The van der Waals surface area contributed by atoms with E-state index in [4.69, 9.17) is 11.6 Å². The van der Waals surface area contributed by atoms with Gasteiger partial charge in [-0.2, -0.15) is 5.10 Å². The second-order valence-electron chi connectivity index (χ2n) is 7.33. The van der Waals surface area contributed by atoms with E-state index in [1.165, 1.54) is 11.8 Å². The molecule has 0 unspecified atom stereocenters. The summed E-state index contributed by atoms with van der Waals surface area (Å²) in [6.45, 7) is 4.69. The summed E-state index contributed by atoms with van der Waals surface area (Å²) in [5.41, 5.74) is 4.51. The van der Waals surface area contributed by atoms with E-state index >= 15 is 0 Å². The van der Waals surface area contributed by atoms with Gasteiger partial charge in [-0.15, -0.1) is 10.2 Å². The van der Waals surface area contributed by atoms with Crippen molar-refractivity contribution in [2.24, 2.45) is 7.05 Å². The fourth-order valence-electron chi connectivity index (χ4n) is 3.40. The summed E-state index contributed by atoms with van der Waals surface area (Å²) in [6, 6.07) is 15.3. The first-order valence-electron chi connectivity index (χ1n) is 10.2. The van der Waals surface area contributed by atoms with Gasteiger partial charge >= 0.3 is 0 Å². The topological polar surface area (TPSA) is 77.6 Å². The number of amides is 1. The number of hydrogen-bond acceptors (Lipinski definition) is 5. The first-order valence-corrected chi connectivity index (χ1v) is 11.5. The summed E-state index contributed by atoms with van der Waals surface area (Å²) < 4.78 is 3.76. The molecule has 9 heteroatoms. The van der Waals surface area contributed by atoms with Crippen molar-refractivity contribution in [1.29, 1.82) is 0 Å². The van der Waals surface area contributed by atoms with Gasteiger partial charge in [0.15, 0.2) is 11.0 Å². The minimum absolute atomic E-state index is 0.0870. The number of aryl methyl sites for hydroxylation is 2. The third-order valence-electron chi connectivity index (χ3n) is 4.85. The Bertz CT molecular complexity index is 1250. The molecule has 0 aliphatic rings. The zero-order chi connectivity index (χ0) is 22.7. The van der Waals surface area contributed by atoms with Crippen molar-refractivity contribution in [3.05, 3.63) is 65.3 Å². The Morgan fingerprint density at radius 2 is 1.94 bits per heavy atom. The van der Waals surface area contributed by atoms with Crippen molar-refractivity contribution < 1.29 is 4.79 Å². The monoisotopic (exact) mass is 466 g/mol. The van der Waals surface area contributed by atoms with E-state index in [-0.39, 0.29) is 11.7 Å². The Hall–Kier alpha value is -3.10. The number of carbonyl (C=O) groups excluding carboxylic acids is 1. The average Bonchev–Trinajstić information content (AvgIpc) is 3.35. The van der Waals surface area contributed by atoms with Crippen LogP contribution in [0.2, 0.25) is 5.02 Å². The van der Waals surface area contributed by atoms with Crippen LogP contribution < -0.4 is 5.32 Å². The molecular weight excluding hydrogens is 444 g/mol. The number of rotatable bonds is 7. The number of nitrogens with one attached hydrogen (secondary N) is 1. The zero-order valence-corrected chi connectivity index (χ0v) is 19.6. The molecule has 7 nitrogen and oxygen atoms in total. The van der Waals surface area contributed by atoms with Gasteiger partial charge < -0.3 is 9.88 Å². The number of nitrogens with zero attached hydrogens (tertiary/aromatic N) is 5. The second kappa shape index (κ2) is 9.58. The molecule has 2 heterocycles. The van der Waals surface area contributed by atoms with Gasteiger partial charge in [0.05, 0.1) is 11.3 Å². The van der Waals surface area contributed by atoms with Crippen molar-refractivity contribution in [2.45, 2.75) is 25.5 Å². The maximum Gasteiger partial charge on any atom is 0.234 e. The SMILES string of the molecule is CCn1c(SCC(=O)Nc2cccc(C)c2)nnc1-c1cn(C)nc1-c1ccc(Cl)cc1. The van der Waals surface area contributed by atoms with Crippen LogP contribution in [-0.4, -0.2) is 36.2 Å². The van der Waals surface area contributed by atoms with Crippen LogP contribution >= 0.6 is 23.4 Å². The maximum atomic E-state index is 12.4. The summed E-state index contributed by atoms with van der Waals surface area (Å²) in [6.07, 6.45) is 1.93. The summed E-state index contributed by atoms with van der Waals surface area (Å²) in [5.74, 6) is 0.867. The van der Waals surface area contributed by atoms with Crippen LogP contribution in [-0.2, 0) is 18.4 Å². The van der Waals surface area contributed by atoms with Crippen molar-refractivity contribution in [2.75, 3.05) is 11.1 Å². The van der Waals surface area contributed by atoms with Crippen LogP contribution in [0, 0.1) is 6.92 Å². The van der Waals surface area contributed by atoms with E-state index in [1.807, 2.05) is 80.2 Å². The first-order chi connectivity index (χ1) is 15.4. The van der Waals surface area contributed by atoms with Crippen LogP contribution in [0.25, 0.3) is 22.6 Å². The van der Waals surface area contributed by atoms with Crippen molar-refractivity contribution in [3.63, 3.8) is 0 Å². The standard InChI is InChI=1S/C23H23ClN6OS/c1-4-30-22(19-13-29(3)28-21(19)16-8-10-17(24)11-9-16)26-27-23(30)32-14-20(31)25-18-7-5-6-15(2)12-18/h5-13H,4,14H2,1-3H3,(H,25,31). The molecular formula is C23H23ClN6OS. The maximum absolute atomic E-state index is 12.4. The lowest BCUT2D eigenvalue weighted by molar-refractivity contribution is -0.113. The van der Waals surface area contributed by atoms with Crippen molar-refractivity contribution in [1.82, 2.24) is 24.5 Å². The molecule has 0 saturated heterocycles. The number of anilines is 1. The lowest BCUT2D eigenvalue weighted by Crippen LogP contribution is -2.14. The summed E-state index contributed by atoms with van der Waals surface area (Å²) >= 11 is 7.41. The minimum atomic E-state index is -0.0870. The normalized spacial score (nSPS) is 11.0.